The van der Waals surface area contributed by atoms with Crippen LogP contribution in [0.4, 0.5) is 0 Å². The molecule has 1 rings (SSSR count). The molecule has 1 aliphatic heterocycles. The lowest BCUT2D eigenvalue weighted by Crippen LogP contribution is -2.42. The van der Waals surface area contributed by atoms with Crippen molar-refractivity contribution in [3.63, 3.8) is 0 Å². The van der Waals surface area contributed by atoms with Gasteiger partial charge in [-0.15, -0.1) is 11.6 Å². The summed E-state index contributed by atoms with van der Waals surface area (Å²) < 4.78 is 0. The SMILES string of the molecule is C=C(CCl)CN1CCCC(C(=O)NC)C1. The molecule has 0 aromatic rings. The lowest BCUT2D eigenvalue weighted by Gasteiger charge is -2.31. The van der Waals surface area contributed by atoms with Crippen LogP contribution in [0.25, 0.3) is 0 Å². The second-order valence-corrected chi connectivity index (χ2v) is 4.34. The summed E-state index contributed by atoms with van der Waals surface area (Å²) in [4.78, 5) is 13.7. The van der Waals surface area contributed by atoms with E-state index in [9.17, 15) is 4.79 Å². The number of piperidine rings is 1. The van der Waals surface area contributed by atoms with Crippen molar-refractivity contribution < 1.29 is 4.79 Å². The van der Waals surface area contributed by atoms with E-state index in [4.69, 9.17) is 11.6 Å². The average Bonchev–Trinajstić information content (AvgIpc) is 2.28. The molecule has 86 valence electrons. The first-order valence-electron chi connectivity index (χ1n) is 5.34. The van der Waals surface area contributed by atoms with Gasteiger partial charge in [-0.25, -0.2) is 0 Å². The van der Waals surface area contributed by atoms with Gasteiger partial charge in [0.05, 0.1) is 5.92 Å². The largest absolute Gasteiger partial charge is 0.359 e. The third kappa shape index (κ3) is 3.84. The van der Waals surface area contributed by atoms with Gasteiger partial charge >= 0.3 is 0 Å². The van der Waals surface area contributed by atoms with Gasteiger partial charge in [0.15, 0.2) is 0 Å². The molecule has 1 amide bonds. The molecule has 0 spiro atoms. The van der Waals surface area contributed by atoms with Crippen LogP contribution in [-0.2, 0) is 4.79 Å². The molecule has 0 saturated carbocycles. The Kier molecular flexibility index (Phi) is 5.12. The van der Waals surface area contributed by atoms with Gasteiger partial charge in [-0.2, -0.15) is 0 Å². The van der Waals surface area contributed by atoms with Crippen LogP contribution in [0.3, 0.4) is 0 Å². The zero-order valence-corrected chi connectivity index (χ0v) is 10.0. The molecule has 15 heavy (non-hydrogen) atoms. The van der Waals surface area contributed by atoms with E-state index >= 15 is 0 Å². The highest BCUT2D eigenvalue weighted by Gasteiger charge is 2.24. The van der Waals surface area contributed by atoms with Gasteiger partial charge < -0.3 is 5.32 Å². The molecule has 1 aliphatic rings. The van der Waals surface area contributed by atoms with Crippen LogP contribution in [0.2, 0.25) is 0 Å². The van der Waals surface area contributed by atoms with Crippen LogP contribution in [0, 0.1) is 5.92 Å². The number of carbonyl (C=O) groups is 1. The summed E-state index contributed by atoms with van der Waals surface area (Å²) in [5.74, 6) is 0.782. The molecule has 1 unspecified atom stereocenters. The first-order valence-corrected chi connectivity index (χ1v) is 5.87. The minimum absolute atomic E-state index is 0.131. The van der Waals surface area contributed by atoms with Crippen LogP contribution >= 0.6 is 11.6 Å². The monoisotopic (exact) mass is 230 g/mol. The molecule has 3 nitrogen and oxygen atoms in total. The number of amides is 1. The van der Waals surface area contributed by atoms with Gasteiger partial charge in [0.2, 0.25) is 5.91 Å². The zero-order chi connectivity index (χ0) is 11.3. The predicted octanol–water partition coefficient (Wildman–Crippen LogP) is 1.24. The Morgan fingerprint density at radius 1 is 1.67 bits per heavy atom. The molecule has 0 aliphatic carbocycles. The second kappa shape index (κ2) is 6.13. The van der Waals surface area contributed by atoms with E-state index in [2.05, 4.69) is 16.8 Å². The van der Waals surface area contributed by atoms with Crippen molar-refractivity contribution in [2.45, 2.75) is 12.8 Å². The quantitative estimate of drug-likeness (QED) is 0.582. The van der Waals surface area contributed by atoms with Crippen molar-refractivity contribution in [3.05, 3.63) is 12.2 Å². The molecule has 0 aromatic heterocycles. The molecule has 1 heterocycles. The molecule has 1 atom stereocenters. The zero-order valence-electron chi connectivity index (χ0n) is 9.26. The number of nitrogens with zero attached hydrogens (tertiary/aromatic N) is 1. The van der Waals surface area contributed by atoms with Crippen molar-refractivity contribution in [3.8, 4) is 0 Å². The number of rotatable bonds is 4. The standard InChI is InChI=1S/C11H19ClN2O/c1-9(6-12)7-14-5-3-4-10(8-14)11(15)13-2/h10H,1,3-8H2,2H3,(H,13,15). The molecular formula is C11H19ClN2O. The second-order valence-electron chi connectivity index (χ2n) is 4.07. The van der Waals surface area contributed by atoms with Gasteiger partial charge in [0, 0.05) is 26.0 Å². The first-order chi connectivity index (χ1) is 7.17. The van der Waals surface area contributed by atoms with Crippen molar-refractivity contribution in [2.24, 2.45) is 5.92 Å². The molecule has 1 fully saturated rings. The minimum Gasteiger partial charge on any atom is -0.359 e. The molecule has 0 aromatic carbocycles. The summed E-state index contributed by atoms with van der Waals surface area (Å²) in [6.45, 7) is 6.57. The van der Waals surface area contributed by atoms with E-state index in [1.165, 1.54) is 0 Å². The smallest absolute Gasteiger partial charge is 0.224 e. The number of carbonyl (C=O) groups excluding carboxylic acids is 1. The van der Waals surface area contributed by atoms with Crippen LogP contribution < -0.4 is 5.32 Å². The predicted molar refractivity (Wildman–Crippen MR) is 63.1 cm³/mol. The molecule has 0 bridgehead atoms. The number of alkyl halides is 1. The fourth-order valence-corrected chi connectivity index (χ4v) is 2.06. The molecule has 0 radical (unpaired) electrons. The maximum Gasteiger partial charge on any atom is 0.224 e. The Hall–Kier alpha value is -0.540. The highest BCUT2D eigenvalue weighted by molar-refractivity contribution is 6.19. The summed E-state index contributed by atoms with van der Waals surface area (Å²) in [6, 6.07) is 0. The van der Waals surface area contributed by atoms with Gasteiger partial charge in [-0.05, 0) is 25.0 Å². The fourth-order valence-electron chi connectivity index (χ4n) is 1.98. The Balaban J connectivity index is 2.42. The maximum absolute atomic E-state index is 11.5. The Bertz CT molecular complexity index is 243. The van der Waals surface area contributed by atoms with Gasteiger partial charge in [0.1, 0.15) is 0 Å². The summed E-state index contributed by atoms with van der Waals surface area (Å²) in [5.41, 5.74) is 1.02. The topological polar surface area (TPSA) is 32.3 Å². The van der Waals surface area contributed by atoms with Crippen LogP contribution in [0.1, 0.15) is 12.8 Å². The lowest BCUT2D eigenvalue weighted by atomic mass is 9.97. The van der Waals surface area contributed by atoms with Gasteiger partial charge in [0.25, 0.3) is 0 Å². The Labute approximate surface area is 96.5 Å². The van der Waals surface area contributed by atoms with Crippen LogP contribution in [-0.4, -0.2) is 43.4 Å². The molecule has 1 N–H and O–H groups in total. The van der Waals surface area contributed by atoms with Crippen molar-refractivity contribution in [1.82, 2.24) is 10.2 Å². The number of halogens is 1. The molecular weight excluding hydrogens is 212 g/mol. The number of likely N-dealkylation sites (tertiary alicyclic amines) is 1. The normalized spacial score (nSPS) is 22.4. The number of hydrogen-bond donors (Lipinski definition) is 1. The summed E-state index contributed by atoms with van der Waals surface area (Å²) in [5, 5.41) is 2.71. The van der Waals surface area contributed by atoms with Crippen LogP contribution in [0.5, 0.6) is 0 Å². The van der Waals surface area contributed by atoms with E-state index in [0.29, 0.717) is 5.88 Å². The van der Waals surface area contributed by atoms with E-state index < -0.39 is 0 Å². The summed E-state index contributed by atoms with van der Waals surface area (Å²) in [6.07, 6.45) is 2.07. The summed E-state index contributed by atoms with van der Waals surface area (Å²) in [7, 11) is 1.69. The van der Waals surface area contributed by atoms with Crippen molar-refractivity contribution >= 4 is 17.5 Å². The maximum atomic E-state index is 11.5. The molecule has 4 heteroatoms. The number of nitrogens with one attached hydrogen (secondary N) is 1. The van der Waals surface area contributed by atoms with Crippen molar-refractivity contribution in [2.75, 3.05) is 32.6 Å². The van der Waals surface area contributed by atoms with Gasteiger partial charge in [-0.1, -0.05) is 6.58 Å². The molecule has 1 saturated heterocycles. The van der Waals surface area contributed by atoms with E-state index in [0.717, 1.165) is 38.0 Å². The summed E-state index contributed by atoms with van der Waals surface area (Å²) >= 11 is 5.69. The number of hydrogen-bond acceptors (Lipinski definition) is 2. The van der Waals surface area contributed by atoms with Crippen LogP contribution in [0.15, 0.2) is 12.2 Å². The third-order valence-corrected chi connectivity index (χ3v) is 3.14. The Morgan fingerprint density at radius 2 is 2.40 bits per heavy atom. The minimum atomic E-state index is 0.131. The van der Waals surface area contributed by atoms with E-state index in [1.54, 1.807) is 7.05 Å². The van der Waals surface area contributed by atoms with E-state index in [1.807, 2.05) is 0 Å². The lowest BCUT2D eigenvalue weighted by molar-refractivity contribution is -0.126. The van der Waals surface area contributed by atoms with E-state index in [-0.39, 0.29) is 11.8 Å². The highest BCUT2D eigenvalue weighted by Crippen LogP contribution is 2.17. The van der Waals surface area contributed by atoms with Gasteiger partial charge in [-0.3, -0.25) is 9.69 Å². The Morgan fingerprint density at radius 3 is 3.00 bits per heavy atom. The third-order valence-electron chi connectivity index (χ3n) is 2.76. The fraction of sp³-hybridized carbons (Fsp3) is 0.727. The first kappa shape index (κ1) is 12.5. The highest BCUT2D eigenvalue weighted by atomic mass is 35.5. The van der Waals surface area contributed by atoms with Crippen molar-refractivity contribution in [1.29, 1.82) is 0 Å². The average molecular weight is 231 g/mol.